The van der Waals surface area contributed by atoms with Gasteiger partial charge in [0.1, 0.15) is 5.76 Å². The number of nitrogens with zero attached hydrogens (tertiary/aromatic N) is 1. The van der Waals surface area contributed by atoms with E-state index in [9.17, 15) is 4.79 Å². The molecule has 0 atom stereocenters. The minimum atomic E-state index is -0.201. The fourth-order valence-electron chi connectivity index (χ4n) is 1.72. The average Bonchev–Trinajstić information content (AvgIpc) is 2.67. The van der Waals surface area contributed by atoms with Crippen LogP contribution in [0.3, 0.4) is 0 Å². The van der Waals surface area contributed by atoms with Crippen LogP contribution in [0.1, 0.15) is 27.4 Å². The highest BCUT2D eigenvalue weighted by Gasteiger charge is 2.12. The summed E-state index contributed by atoms with van der Waals surface area (Å²) in [5.41, 5.74) is 8.37. The van der Waals surface area contributed by atoms with Gasteiger partial charge in [0.05, 0.1) is 11.3 Å². The Morgan fingerprint density at radius 3 is 2.72 bits per heavy atom. The number of rotatable bonds is 3. The quantitative estimate of drug-likeness (QED) is 0.808. The molecule has 0 aliphatic rings. The van der Waals surface area contributed by atoms with Crippen LogP contribution in [-0.4, -0.2) is 11.1 Å². The number of nitrogen functional groups attached to an aromatic ring is 1. The topological polar surface area (TPSA) is 81.2 Å². The number of para-hydroxylation sites is 1. The van der Waals surface area contributed by atoms with Crippen molar-refractivity contribution in [3.05, 3.63) is 46.8 Å². The maximum absolute atomic E-state index is 11.9. The van der Waals surface area contributed by atoms with Crippen LogP contribution in [0.4, 0.5) is 5.69 Å². The minimum Gasteiger partial charge on any atom is -0.398 e. The minimum absolute atomic E-state index is 0.201. The summed E-state index contributed by atoms with van der Waals surface area (Å²) in [6.07, 6.45) is 0. The van der Waals surface area contributed by atoms with Gasteiger partial charge in [0.25, 0.3) is 5.91 Å². The second kappa shape index (κ2) is 4.91. The molecule has 3 N–H and O–H groups in total. The molecule has 0 saturated heterocycles. The first kappa shape index (κ1) is 12.2. The summed E-state index contributed by atoms with van der Waals surface area (Å²) in [6, 6.07) is 6.96. The molecule has 1 heterocycles. The number of aryl methyl sites for hydroxylation is 2. The number of hydrogen-bond acceptors (Lipinski definition) is 4. The van der Waals surface area contributed by atoms with Crippen LogP contribution in [0.5, 0.6) is 0 Å². The van der Waals surface area contributed by atoms with E-state index in [2.05, 4.69) is 10.5 Å². The van der Waals surface area contributed by atoms with Gasteiger partial charge in [-0.3, -0.25) is 4.79 Å². The number of amides is 1. The number of benzene rings is 1. The average molecular weight is 245 g/mol. The Hall–Kier alpha value is -2.30. The maximum atomic E-state index is 11.9. The van der Waals surface area contributed by atoms with E-state index >= 15 is 0 Å². The van der Waals surface area contributed by atoms with E-state index in [0.717, 1.165) is 11.3 Å². The second-order valence-electron chi connectivity index (χ2n) is 4.07. The highest BCUT2D eigenvalue weighted by Crippen LogP contribution is 2.13. The van der Waals surface area contributed by atoms with E-state index in [1.165, 1.54) is 0 Å². The van der Waals surface area contributed by atoms with Crippen molar-refractivity contribution in [3.63, 3.8) is 0 Å². The lowest BCUT2D eigenvalue weighted by atomic mass is 10.1. The predicted octanol–water partition coefficient (Wildman–Crippen LogP) is 1.80. The fraction of sp³-hybridized carbons (Fsp3) is 0.231. The van der Waals surface area contributed by atoms with Crippen molar-refractivity contribution in [2.75, 3.05) is 5.73 Å². The number of aromatic nitrogens is 1. The second-order valence-corrected chi connectivity index (χ2v) is 4.07. The van der Waals surface area contributed by atoms with Crippen molar-refractivity contribution in [1.82, 2.24) is 10.5 Å². The first-order chi connectivity index (χ1) is 8.59. The van der Waals surface area contributed by atoms with Gasteiger partial charge in [0.15, 0.2) is 0 Å². The Morgan fingerprint density at radius 2 is 2.11 bits per heavy atom. The Morgan fingerprint density at radius 1 is 1.39 bits per heavy atom. The number of nitrogens with one attached hydrogen (secondary N) is 1. The molecule has 0 unspecified atom stereocenters. The normalized spacial score (nSPS) is 10.3. The SMILES string of the molecule is Cc1noc(C)c1CNC(=O)c1ccccc1N. The number of carbonyl (C=O) groups excluding carboxylic acids is 1. The Labute approximate surface area is 105 Å². The first-order valence-electron chi connectivity index (χ1n) is 5.64. The largest absolute Gasteiger partial charge is 0.398 e. The van der Waals surface area contributed by atoms with Crippen LogP contribution in [0.2, 0.25) is 0 Å². The van der Waals surface area contributed by atoms with Gasteiger partial charge in [0, 0.05) is 17.8 Å². The zero-order chi connectivity index (χ0) is 13.1. The highest BCUT2D eigenvalue weighted by molar-refractivity contribution is 5.99. The van der Waals surface area contributed by atoms with Gasteiger partial charge < -0.3 is 15.6 Å². The van der Waals surface area contributed by atoms with Crippen molar-refractivity contribution >= 4 is 11.6 Å². The van der Waals surface area contributed by atoms with Gasteiger partial charge >= 0.3 is 0 Å². The van der Waals surface area contributed by atoms with Crippen LogP contribution < -0.4 is 11.1 Å². The summed E-state index contributed by atoms with van der Waals surface area (Å²) in [7, 11) is 0. The third-order valence-electron chi connectivity index (χ3n) is 2.81. The molecule has 0 fully saturated rings. The summed E-state index contributed by atoms with van der Waals surface area (Å²) in [5, 5.41) is 6.64. The zero-order valence-corrected chi connectivity index (χ0v) is 10.4. The highest BCUT2D eigenvalue weighted by atomic mass is 16.5. The molecule has 0 bridgehead atoms. The van der Waals surface area contributed by atoms with E-state index in [4.69, 9.17) is 10.3 Å². The van der Waals surface area contributed by atoms with Gasteiger partial charge in [-0.1, -0.05) is 17.3 Å². The van der Waals surface area contributed by atoms with E-state index < -0.39 is 0 Å². The lowest BCUT2D eigenvalue weighted by molar-refractivity contribution is 0.0951. The van der Waals surface area contributed by atoms with E-state index in [0.29, 0.717) is 23.6 Å². The number of nitrogens with two attached hydrogens (primary N) is 1. The summed E-state index contributed by atoms with van der Waals surface area (Å²) < 4.78 is 5.03. The lowest BCUT2D eigenvalue weighted by Crippen LogP contribution is -2.24. The van der Waals surface area contributed by atoms with Gasteiger partial charge in [-0.2, -0.15) is 0 Å². The third kappa shape index (κ3) is 2.34. The predicted molar refractivity (Wildman–Crippen MR) is 68.0 cm³/mol. The molecule has 0 aliphatic carbocycles. The lowest BCUT2D eigenvalue weighted by Gasteiger charge is -2.06. The molecule has 94 valence electrons. The first-order valence-corrected chi connectivity index (χ1v) is 5.64. The van der Waals surface area contributed by atoms with Crippen LogP contribution in [0.15, 0.2) is 28.8 Å². The fourth-order valence-corrected chi connectivity index (χ4v) is 1.72. The zero-order valence-electron chi connectivity index (χ0n) is 10.4. The van der Waals surface area contributed by atoms with Gasteiger partial charge in [0.2, 0.25) is 0 Å². The Bertz CT molecular complexity index is 556. The number of carbonyl (C=O) groups is 1. The standard InChI is InChI=1S/C13H15N3O2/c1-8-11(9(2)18-16-8)7-15-13(17)10-5-3-4-6-12(10)14/h3-6H,7,14H2,1-2H3,(H,15,17). The summed E-state index contributed by atoms with van der Waals surface area (Å²) in [4.78, 5) is 11.9. The molecule has 1 aromatic heterocycles. The van der Waals surface area contributed by atoms with Gasteiger partial charge in [-0.05, 0) is 26.0 Å². The molecule has 1 amide bonds. The monoisotopic (exact) mass is 245 g/mol. The molecule has 2 rings (SSSR count). The molecule has 0 radical (unpaired) electrons. The maximum Gasteiger partial charge on any atom is 0.253 e. The Kier molecular flexibility index (Phi) is 3.32. The summed E-state index contributed by atoms with van der Waals surface area (Å²) in [5.74, 6) is 0.516. The molecular weight excluding hydrogens is 230 g/mol. The molecule has 0 spiro atoms. The molecule has 1 aromatic carbocycles. The van der Waals surface area contributed by atoms with Crippen molar-refractivity contribution in [1.29, 1.82) is 0 Å². The molecular formula is C13H15N3O2. The molecule has 18 heavy (non-hydrogen) atoms. The number of hydrogen-bond donors (Lipinski definition) is 2. The summed E-state index contributed by atoms with van der Waals surface area (Å²) >= 11 is 0. The molecule has 0 aliphatic heterocycles. The molecule has 0 saturated carbocycles. The van der Waals surface area contributed by atoms with Crippen LogP contribution in [0.25, 0.3) is 0 Å². The van der Waals surface area contributed by atoms with Crippen LogP contribution in [0, 0.1) is 13.8 Å². The molecule has 2 aromatic rings. The smallest absolute Gasteiger partial charge is 0.253 e. The third-order valence-corrected chi connectivity index (χ3v) is 2.81. The van der Waals surface area contributed by atoms with Crippen molar-refractivity contribution in [3.8, 4) is 0 Å². The Balaban J connectivity index is 2.08. The van der Waals surface area contributed by atoms with Gasteiger partial charge in [-0.25, -0.2) is 0 Å². The number of anilines is 1. The van der Waals surface area contributed by atoms with E-state index in [-0.39, 0.29) is 5.91 Å². The van der Waals surface area contributed by atoms with Gasteiger partial charge in [-0.15, -0.1) is 0 Å². The molecule has 5 nitrogen and oxygen atoms in total. The van der Waals surface area contributed by atoms with Crippen molar-refractivity contribution < 1.29 is 9.32 Å². The van der Waals surface area contributed by atoms with Crippen LogP contribution in [-0.2, 0) is 6.54 Å². The molecule has 5 heteroatoms. The van der Waals surface area contributed by atoms with E-state index in [1.54, 1.807) is 24.3 Å². The van der Waals surface area contributed by atoms with Crippen LogP contribution >= 0.6 is 0 Å². The van der Waals surface area contributed by atoms with E-state index in [1.807, 2.05) is 13.8 Å². The van der Waals surface area contributed by atoms with Crippen molar-refractivity contribution in [2.45, 2.75) is 20.4 Å². The summed E-state index contributed by atoms with van der Waals surface area (Å²) in [6.45, 7) is 4.04. The van der Waals surface area contributed by atoms with Crippen molar-refractivity contribution in [2.24, 2.45) is 0 Å².